The van der Waals surface area contributed by atoms with E-state index in [1.54, 1.807) is 0 Å². The molecule has 0 bridgehead atoms. The van der Waals surface area contributed by atoms with E-state index in [4.69, 9.17) is 0 Å². The van der Waals surface area contributed by atoms with Crippen LogP contribution in [0.5, 0.6) is 0 Å². The SMILES string of the molecule is O=C(COCC(F)(F)F)c1c[nH]c2c([N+](=O)[O-])cccc12. The molecule has 2 rings (SSSR count). The number of ketones is 1. The first-order valence-corrected chi connectivity index (χ1v) is 5.72. The molecule has 0 radical (unpaired) electrons. The number of carbonyl (C=O) groups is 1. The highest BCUT2D eigenvalue weighted by molar-refractivity contribution is 6.10. The lowest BCUT2D eigenvalue weighted by Crippen LogP contribution is -2.20. The predicted molar refractivity (Wildman–Crippen MR) is 66.2 cm³/mol. The van der Waals surface area contributed by atoms with E-state index in [1.165, 1.54) is 24.4 Å². The first-order chi connectivity index (χ1) is 9.79. The van der Waals surface area contributed by atoms with Gasteiger partial charge in [-0.15, -0.1) is 0 Å². The van der Waals surface area contributed by atoms with Crippen molar-refractivity contribution in [3.63, 3.8) is 0 Å². The second-order valence-corrected chi connectivity index (χ2v) is 4.19. The number of Topliss-reactive ketones (excluding diaryl/α,β-unsaturated/α-hetero) is 1. The maximum atomic E-state index is 11.9. The predicted octanol–water partition coefficient (Wildman–Crippen LogP) is 2.84. The molecule has 6 nitrogen and oxygen atoms in total. The number of rotatable bonds is 5. The maximum absolute atomic E-state index is 11.9. The number of hydrogen-bond donors (Lipinski definition) is 1. The van der Waals surface area contributed by atoms with Gasteiger partial charge in [0.1, 0.15) is 18.7 Å². The van der Waals surface area contributed by atoms with Gasteiger partial charge >= 0.3 is 6.18 Å². The minimum atomic E-state index is -4.51. The Morgan fingerprint density at radius 2 is 2.10 bits per heavy atom. The summed E-state index contributed by atoms with van der Waals surface area (Å²) in [5.41, 5.74) is -0.0275. The molecule has 0 aliphatic rings. The first kappa shape index (κ1) is 15.0. The lowest BCUT2D eigenvalue weighted by atomic mass is 10.1. The molecule has 2 aromatic rings. The molecule has 0 spiro atoms. The van der Waals surface area contributed by atoms with E-state index < -0.39 is 30.1 Å². The highest BCUT2D eigenvalue weighted by Crippen LogP contribution is 2.27. The number of fused-ring (bicyclic) bond motifs is 1. The van der Waals surface area contributed by atoms with Gasteiger partial charge in [-0.25, -0.2) is 0 Å². The van der Waals surface area contributed by atoms with Gasteiger partial charge in [0.2, 0.25) is 0 Å². The van der Waals surface area contributed by atoms with E-state index in [1.807, 2.05) is 0 Å². The summed E-state index contributed by atoms with van der Waals surface area (Å²) in [5.74, 6) is -0.689. The molecule has 0 atom stereocenters. The number of H-pyrrole nitrogens is 1. The third kappa shape index (κ3) is 3.37. The number of non-ortho nitro benzene ring substituents is 1. The summed E-state index contributed by atoms with van der Waals surface area (Å²) < 4.78 is 40.1. The second-order valence-electron chi connectivity index (χ2n) is 4.19. The summed E-state index contributed by atoms with van der Waals surface area (Å²) in [4.78, 5) is 24.6. The van der Waals surface area contributed by atoms with Gasteiger partial charge in [-0.1, -0.05) is 12.1 Å². The lowest BCUT2D eigenvalue weighted by Gasteiger charge is -2.06. The molecule has 1 aromatic heterocycles. The Morgan fingerprint density at radius 1 is 1.38 bits per heavy atom. The van der Waals surface area contributed by atoms with Gasteiger partial charge in [0.15, 0.2) is 5.78 Å². The van der Waals surface area contributed by atoms with E-state index in [2.05, 4.69) is 9.72 Å². The number of nitrogens with zero attached hydrogens (tertiary/aromatic N) is 1. The van der Waals surface area contributed by atoms with Gasteiger partial charge in [-0.3, -0.25) is 14.9 Å². The molecule has 1 N–H and O–H groups in total. The van der Waals surface area contributed by atoms with Gasteiger partial charge < -0.3 is 9.72 Å². The lowest BCUT2D eigenvalue weighted by molar-refractivity contribution is -0.383. The van der Waals surface area contributed by atoms with Crippen LogP contribution in [0.25, 0.3) is 10.9 Å². The number of halogens is 3. The number of alkyl halides is 3. The van der Waals surface area contributed by atoms with Gasteiger partial charge in [0.05, 0.1) is 4.92 Å². The standard InChI is InChI=1S/C12H9F3N2O4/c13-12(14,15)6-21-5-10(18)8-4-16-11-7(8)2-1-3-9(11)17(19)20/h1-4,16H,5-6H2. The summed E-state index contributed by atoms with van der Waals surface area (Å²) in [7, 11) is 0. The number of hydrogen-bond acceptors (Lipinski definition) is 4. The Morgan fingerprint density at radius 3 is 2.71 bits per heavy atom. The number of ether oxygens (including phenoxy) is 1. The largest absolute Gasteiger partial charge is 0.411 e. The van der Waals surface area contributed by atoms with Crippen LogP contribution in [0.2, 0.25) is 0 Å². The van der Waals surface area contributed by atoms with Crippen molar-refractivity contribution in [2.45, 2.75) is 6.18 Å². The zero-order chi connectivity index (χ0) is 15.6. The van der Waals surface area contributed by atoms with Gasteiger partial charge in [0.25, 0.3) is 5.69 Å². The molecule has 112 valence electrons. The Bertz CT molecular complexity index is 693. The summed E-state index contributed by atoms with van der Waals surface area (Å²) in [6, 6.07) is 4.12. The fourth-order valence-corrected chi connectivity index (χ4v) is 1.86. The minimum Gasteiger partial charge on any atom is -0.364 e. The number of aromatic amines is 1. The third-order valence-corrected chi connectivity index (χ3v) is 2.69. The minimum absolute atomic E-state index is 0.0517. The van der Waals surface area contributed by atoms with Crippen LogP contribution in [0.1, 0.15) is 10.4 Å². The number of benzene rings is 1. The smallest absolute Gasteiger partial charge is 0.364 e. The fraction of sp³-hybridized carbons (Fsp3) is 0.250. The third-order valence-electron chi connectivity index (χ3n) is 2.69. The van der Waals surface area contributed by atoms with E-state index in [0.29, 0.717) is 0 Å². The number of nitro benzene ring substituents is 1. The zero-order valence-electron chi connectivity index (χ0n) is 10.4. The second kappa shape index (κ2) is 5.52. The Kier molecular flexibility index (Phi) is 3.94. The normalized spacial score (nSPS) is 11.8. The van der Waals surface area contributed by atoms with Crippen molar-refractivity contribution >= 4 is 22.4 Å². The van der Waals surface area contributed by atoms with Crippen molar-refractivity contribution in [3.05, 3.63) is 40.1 Å². The van der Waals surface area contributed by atoms with Gasteiger partial charge in [-0.2, -0.15) is 13.2 Å². The number of para-hydroxylation sites is 1. The van der Waals surface area contributed by atoms with Crippen molar-refractivity contribution in [1.82, 2.24) is 4.98 Å². The fourth-order valence-electron chi connectivity index (χ4n) is 1.86. The Balaban J connectivity index is 2.21. The molecule has 0 aliphatic heterocycles. The molecule has 21 heavy (non-hydrogen) atoms. The number of nitrogens with one attached hydrogen (secondary N) is 1. The molecular weight excluding hydrogens is 293 g/mol. The van der Waals surface area contributed by atoms with Crippen molar-refractivity contribution in [2.24, 2.45) is 0 Å². The number of aromatic nitrogens is 1. The van der Waals surface area contributed by atoms with Crippen LogP contribution < -0.4 is 0 Å². The average molecular weight is 302 g/mol. The van der Waals surface area contributed by atoms with Crippen molar-refractivity contribution in [1.29, 1.82) is 0 Å². The van der Waals surface area contributed by atoms with Gasteiger partial charge in [-0.05, 0) is 0 Å². The summed E-state index contributed by atoms with van der Waals surface area (Å²) in [6.07, 6.45) is -3.30. The number of carbonyl (C=O) groups excluding carboxylic acids is 1. The van der Waals surface area contributed by atoms with Crippen LogP contribution in [0, 0.1) is 10.1 Å². The van der Waals surface area contributed by atoms with E-state index in [-0.39, 0.29) is 22.2 Å². The van der Waals surface area contributed by atoms with Gasteiger partial charge in [0, 0.05) is 23.2 Å². The average Bonchev–Trinajstić information content (AvgIpc) is 2.80. The van der Waals surface area contributed by atoms with Crippen LogP contribution in [0.15, 0.2) is 24.4 Å². The maximum Gasteiger partial charge on any atom is 0.411 e. The Hall–Kier alpha value is -2.42. The van der Waals surface area contributed by atoms with E-state index in [0.717, 1.165) is 0 Å². The summed E-state index contributed by atoms with van der Waals surface area (Å²) in [6.45, 7) is -2.28. The topological polar surface area (TPSA) is 85.2 Å². The van der Waals surface area contributed by atoms with Crippen LogP contribution in [0.4, 0.5) is 18.9 Å². The van der Waals surface area contributed by atoms with Crippen LogP contribution >= 0.6 is 0 Å². The van der Waals surface area contributed by atoms with E-state index in [9.17, 15) is 28.1 Å². The van der Waals surface area contributed by atoms with Crippen molar-refractivity contribution < 1.29 is 27.6 Å². The monoisotopic (exact) mass is 302 g/mol. The van der Waals surface area contributed by atoms with Crippen LogP contribution in [0.3, 0.4) is 0 Å². The Labute approximate surface area is 115 Å². The first-order valence-electron chi connectivity index (χ1n) is 5.72. The molecule has 9 heteroatoms. The number of nitro groups is 1. The van der Waals surface area contributed by atoms with Crippen LogP contribution in [-0.4, -0.2) is 35.1 Å². The zero-order valence-corrected chi connectivity index (χ0v) is 10.4. The van der Waals surface area contributed by atoms with Crippen molar-refractivity contribution in [3.8, 4) is 0 Å². The molecule has 0 amide bonds. The molecule has 0 unspecified atom stereocenters. The molecular formula is C12H9F3N2O4. The molecule has 1 aromatic carbocycles. The molecule has 0 aliphatic carbocycles. The van der Waals surface area contributed by atoms with Crippen LogP contribution in [-0.2, 0) is 4.74 Å². The highest BCUT2D eigenvalue weighted by atomic mass is 19.4. The molecule has 0 saturated carbocycles. The quantitative estimate of drug-likeness (QED) is 0.523. The molecule has 1 heterocycles. The van der Waals surface area contributed by atoms with Crippen molar-refractivity contribution in [2.75, 3.05) is 13.2 Å². The highest BCUT2D eigenvalue weighted by Gasteiger charge is 2.28. The summed E-state index contributed by atoms with van der Waals surface area (Å²) >= 11 is 0. The summed E-state index contributed by atoms with van der Waals surface area (Å²) in [5, 5.41) is 11.1. The molecule has 0 saturated heterocycles. The molecule has 0 fully saturated rings. The van der Waals surface area contributed by atoms with E-state index >= 15 is 0 Å².